The molecule has 5 aliphatic carbocycles. The Balaban J connectivity index is 1.30. The summed E-state index contributed by atoms with van der Waals surface area (Å²) in [5, 5.41) is 0. The fourth-order valence-corrected chi connectivity index (χ4v) is 9.00. The smallest absolute Gasteiger partial charge is 0.246 e. The first-order valence-electron chi connectivity index (χ1n) is 12.0. The number of benzene rings is 1. The second-order valence-electron chi connectivity index (χ2n) is 11.3. The number of Topliss-reactive ketones (excluding diaryl/α,β-unsaturated/α-hetero) is 1. The van der Waals surface area contributed by atoms with Gasteiger partial charge in [0, 0.05) is 30.8 Å². The summed E-state index contributed by atoms with van der Waals surface area (Å²) in [5.74, 6) is 0.680. The van der Waals surface area contributed by atoms with Crippen LogP contribution in [0.2, 0.25) is 0 Å². The number of halogens is 1. The second-order valence-corrected chi connectivity index (χ2v) is 13.3. The highest BCUT2D eigenvalue weighted by molar-refractivity contribution is 7.89. The average Bonchev–Trinajstić information content (AvgIpc) is 3.50. The van der Waals surface area contributed by atoms with Crippen LogP contribution in [-0.4, -0.2) is 38.0 Å². The molecule has 1 aromatic carbocycles. The molecule has 6 rings (SSSR count). The van der Waals surface area contributed by atoms with E-state index in [4.69, 9.17) is 5.73 Å². The lowest BCUT2D eigenvalue weighted by atomic mass is 9.45. The Morgan fingerprint density at radius 3 is 2.33 bits per heavy atom. The van der Waals surface area contributed by atoms with Crippen molar-refractivity contribution >= 4 is 21.7 Å². The third kappa shape index (κ3) is 3.64. The predicted octanol–water partition coefficient (Wildman–Crippen LogP) is 3.42. The van der Waals surface area contributed by atoms with Crippen LogP contribution in [0.5, 0.6) is 0 Å². The molecule has 0 aliphatic heterocycles. The van der Waals surface area contributed by atoms with E-state index >= 15 is 0 Å². The topological polar surface area (TPSA) is 97.5 Å². The summed E-state index contributed by atoms with van der Waals surface area (Å²) in [6, 6.07) is 4.22. The molecule has 2 unspecified atom stereocenters. The van der Waals surface area contributed by atoms with Gasteiger partial charge in [0.05, 0.1) is 0 Å². The summed E-state index contributed by atoms with van der Waals surface area (Å²) in [4.78, 5) is 25.4. The van der Waals surface area contributed by atoms with Gasteiger partial charge >= 0.3 is 0 Å². The summed E-state index contributed by atoms with van der Waals surface area (Å²) in [6.45, 7) is 1.66. The maximum Gasteiger partial charge on any atom is 0.246 e. The minimum Gasteiger partial charge on any atom is -0.369 e. The third-order valence-corrected chi connectivity index (χ3v) is 11.2. The fourth-order valence-electron chi connectivity index (χ4n) is 7.48. The van der Waals surface area contributed by atoms with Crippen LogP contribution in [0.4, 0.5) is 4.39 Å². The predicted molar refractivity (Wildman–Crippen MR) is 121 cm³/mol. The first-order valence-corrected chi connectivity index (χ1v) is 13.5. The van der Waals surface area contributed by atoms with Gasteiger partial charge in [0.1, 0.15) is 16.5 Å². The molecular formula is C25H33FN2O4S. The van der Waals surface area contributed by atoms with E-state index in [-0.39, 0.29) is 34.5 Å². The van der Waals surface area contributed by atoms with Crippen LogP contribution >= 0.6 is 0 Å². The Kier molecular flexibility index (Phi) is 5.29. The van der Waals surface area contributed by atoms with E-state index in [0.29, 0.717) is 42.6 Å². The van der Waals surface area contributed by atoms with Gasteiger partial charge in [-0.1, -0.05) is 12.1 Å². The lowest BCUT2D eigenvalue weighted by Gasteiger charge is -2.59. The Hall–Kier alpha value is -1.80. The summed E-state index contributed by atoms with van der Waals surface area (Å²) >= 11 is 0. The molecular weight excluding hydrogens is 443 g/mol. The van der Waals surface area contributed by atoms with Crippen LogP contribution in [0.1, 0.15) is 56.9 Å². The van der Waals surface area contributed by atoms with E-state index in [1.807, 2.05) is 0 Å². The number of nitrogens with two attached hydrogens (primary N) is 1. The molecule has 33 heavy (non-hydrogen) atoms. The average molecular weight is 477 g/mol. The van der Waals surface area contributed by atoms with Crippen molar-refractivity contribution in [3.8, 4) is 0 Å². The zero-order chi connectivity index (χ0) is 23.8. The molecule has 0 saturated heterocycles. The second kappa shape index (κ2) is 7.60. The van der Waals surface area contributed by atoms with E-state index in [9.17, 15) is 22.4 Å². The van der Waals surface area contributed by atoms with Gasteiger partial charge < -0.3 is 5.73 Å². The molecule has 1 aromatic rings. The number of aryl methyl sites for hydroxylation is 1. The number of carbonyl (C=O) groups is 2. The summed E-state index contributed by atoms with van der Waals surface area (Å²) in [7, 11) is -2.60. The van der Waals surface area contributed by atoms with E-state index in [2.05, 4.69) is 0 Å². The Bertz CT molecular complexity index is 1080. The van der Waals surface area contributed by atoms with Crippen LogP contribution in [0.3, 0.4) is 0 Å². The molecule has 180 valence electrons. The minimum absolute atomic E-state index is 0.0812. The monoisotopic (exact) mass is 476 g/mol. The molecule has 5 aliphatic rings. The van der Waals surface area contributed by atoms with Gasteiger partial charge in [0.25, 0.3) is 0 Å². The SMILES string of the molecule is Cc1cccc(F)c1S(=O)(=O)N(C)CC1(C(=O)CC2C3CC4CC2CC(C(N)=O)(C4)C3)CC1. The van der Waals surface area contributed by atoms with Crippen molar-refractivity contribution in [1.82, 2.24) is 4.31 Å². The molecule has 2 N–H and O–H groups in total. The van der Waals surface area contributed by atoms with Crippen molar-refractivity contribution in [2.75, 3.05) is 13.6 Å². The molecule has 5 fully saturated rings. The van der Waals surface area contributed by atoms with Gasteiger partial charge in [0.15, 0.2) is 0 Å². The highest BCUT2D eigenvalue weighted by Crippen LogP contribution is 2.63. The van der Waals surface area contributed by atoms with Gasteiger partial charge in [0.2, 0.25) is 15.9 Å². The van der Waals surface area contributed by atoms with Crippen molar-refractivity contribution in [3.63, 3.8) is 0 Å². The van der Waals surface area contributed by atoms with E-state index in [1.54, 1.807) is 13.0 Å². The van der Waals surface area contributed by atoms with Crippen LogP contribution in [-0.2, 0) is 19.6 Å². The van der Waals surface area contributed by atoms with Crippen molar-refractivity contribution in [2.45, 2.75) is 63.2 Å². The molecule has 6 nitrogen and oxygen atoms in total. The number of sulfonamides is 1. The van der Waals surface area contributed by atoms with Gasteiger partial charge in [-0.15, -0.1) is 0 Å². The summed E-state index contributed by atoms with van der Waals surface area (Å²) < 4.78 is 41.8. The lowest BCUT2D eigenvalue weighted by molar-refractivity contribution is -0.152. The molecule has 4 bridgehead atoms. The number of ketones is 1. The normalized spacial score (nSPS) is 33.9. The number of rotatable bonds is 8. The Morgan fingerprint density at radius 1 is 1.15 bits per heavy atom. The van der Waals surface area contributed by atoms with Gasteiger partial charge in [-0.05, 0) is 87.2 Å². The van der Waals surface area contributed by atoms with Crippen molar-refractivity contribution < 1.29 is 22.4 Å². The zero-order valence-electron chi connectivity index (χ0n) is 19.3. The third-order valence-electron chi connectivity index (χ3n) is 9.21. The first-order chi connectivity index (χ1) is 15.5. The van der Waals surface area contributed by atoms with Crippen molar-refractivity contribution in [1.29, 1.82) is 0 Å². The molecule has 0 radical (unpaired) electrons. The van der Waals surface area contributed by atoms with Gasteiger partial charge in [-0.2, -0.15) is 4.31 Å². The molecule has 2 atom stereocenters. The molecule has 1 amide bonds. The minimum atomic E-state index is -4.04. The maximum atomic E-state index is 14.4. The molecule has 5 saturated carbocycles. The van der Waals surface area contributed by atoms with Gasteiger partial charge in [-0.25, -0.2) is 12.8 Å². The number of amides is 1. The highest BCUT2D eigenvalue weighted by Gasteiger charge is 2.59. The molecule has 0 aromatic heterocycles. The van der Waals surface area contributed by atoms with Crippen LogP contribution < -0.4 is 5.73 Å². The number of hydrogen-bond donors (Lipinski definition) is 1. The van der Waals surface area contributed by atoms with E-state index < -0.39 is 21.3 Å². The number of primary amides is 1. The quantitative estimate of drug-likeness (QED) is 0.622. The summed E-state index contributed by atoms with van der Waals surface area (Å²) in [6.07, 6.45) is 6.40. The first kappa shape index (κ1) is 23.0. The highest BCUT2D eigenvalue weighted by atomic mass is 32.2. The van der Waals surface area contributed by atoms with E-state index in [1.165, 1.54) is 13.1 Å². The fraction of sp³-hybridized carbons (Fsp3) is 0.680. The van der Waals surface area contributed by atoms with Crippen molar-refractivity contribution in [3.05, 3.63) is 29.6 Å². The Morgan fingerprint density at radius 2 is 1.79 bits per heavy atom. The Labute approximate surface area is 195 Å². The molecule has 0 spiro atoms. The maximum absolute atomic E-state index is 14.4. The van der Waals surface area contributed by atoms with E-state index in [0.717, 1.165) is 42.5 Å². The zero-order valence-corrected chi connectivity index (χ0v) is 20.2. The van der Waals surface area contributed by atoms with Crippen LogP contribution in [0.15, 0.2) is 23.1 Å². The van der Waals surface area contributed by atoms with Crippen LogP contribution in [0, 0.1) is 47.2 Å². The summed E-state index contributed by atoms with van der Waals surface area (Å²) in [5.41, 5.74) is 5.10. The lowest BCUT2D eigenvalue weighted by Crippen LogP contribution is -2.56. The van der Waals surface area contributed by atoms with Crippen LogP contribution in [0.25, 0.3) is 0 Å². The number of nitrogens with zero attached hydrogens (tertiary/aromatic N) is 1. The molecule has 8 heteroatoms. The number of carbonyl (C=O) groups excluding carboxylic acids is 2. The van der Waals surface area contributed by atoms with Crippen molar-refractivity contribution in [2.24, 2.45) is 40.2 Å². The van der Waals surface area contributed by atoms with Gasteiger partial charge in [-0.3, -0.25) is 9.59 Å². The largest absolute Gasteiger partial charge is 0.369 e. The number of hydrogen-bond acceptors (Lipinski definition) is 4. The molecule has 0 heterocycles. The standard InChI is InChI=1S/C25H33FN2O4S/c1-15-4-3-5-20(26)22(15)33(31,32)28(2)14-24(6-7-24)21(29)10-19-17-8-16-9-18(19)13-25(11-16,12-17)23(27)30/h3-5,16-19H,6-14H2,1-2H3,(H2,27,30).